The van der Waals surface area contributed by atoms with Crippen molar-refractivity contribution in [1.29, 1.82) is 0 Å². The number of hydrogen-bond donors (Lipinski definition) is 2. The van der Waals surface area contributed by atoms with Gasteiger partial charge in [0.15, 0.2) is 0 Å². The van der Waals surface area contributed by atoms with Crippen LogP contribution in [0.25, 0.3) is 10.9 Å². The molecule has 3 rings (SSSR count). The third-order valence-electron chi connectivity index (χ3n) is 5.23. The topological polar surface area (TPSA) is 76.2 Å². The van der Waals surface area contributed by atoms with Gasteiger partial charge in [-0.2, -0.15) is 11.8 Å². The van der Waals surface area contributed by atoms with Crippen molar-refractivity contribution in [3.8, 4) is 5.75 Å². The smallest absolute Gasteiger partial charge is 0.258 e. The summed E-state index contributed by atoms with van der Waals surface area (Å²) in [5.41, 5.74) is 0.613. The zero-order chi connectivity index (χ0) is 19.8. The number of fused-ring (bicyclic) bond motifs is 1. The van der Waals surface area contributed by atoms with Crippen molar-refractivity contribution in [1.82, 2.24) is 15.3 Å². The highest BCUT2D eigenvalue weighted by atomic mass is 32.2. The van der Waals surface area contributed by atoms with E-state index >= 15 is 0 Å². The maximum absolute atomic E-state index is 12.4. The zero-order valence-electron chi connectivity index (χ0n) is 16.8. The Hall–Kier alpha value is -1.57. The molecule has 0 spiro atoms. The second kappa shape index (κ2) is 10.8. The average molecular weight is 406 g/mol. The van der Waals surface area contributed by atoms with Crippen LogP contribution >= 0.6 is 11.8 Å². The van der Waals surface area contributed by atoms with Crippen LogP contribution in [-0.2, 0) is 10.5 Å². The lowest BCUT2D eigenvalue weighted by Gasteiger charge is -2.22. The minimum Gasteiger partial charge on any atom is -0.493 e. The summed E-state index contributed by atoms with van der Waals surface area (Å²) in [4.78, 5) is 20.0. The molecule has 0 aliphatic carbocycles. The van der Waals surface area contributed by atoms with E-state index in [2.05, 4.69) is 22.2 Å². The molecule has 2 heterocycles. The third kappa shape index (κ3) is 5.96. The fourth-order valence-electron chi connectivity index (χ4n) is 3.44. The first-order chi connectivity index (χ1) is 13.7. The first-order valence-electron chi connectivity index (χ1n) is 10.2. The minimum absolute atomic E-state index is 0.0876. The van der Waals surface area contributed by atoms with Crippen LogP contribution < -0.4 is 15.6 Å². The second-order valence-corrected chi connectivity index (χ2v) is 8.61. The summed E-state index contributed by atoms with van der Waals surface area (Å²) in [7, 11) is 1.73. The number of aromatic amines is 1. The maximum Gasteiger partial charge on any atom is 0.258 e. The number of aromatic nitrogens is 2. The molecule has 2 N–H and O–H groups in total. The third-order valence-corrected chi connectivity index (χ3v) is 6.71. The van der Waals surface area contributed by atoms with Crippen molar-refractivity contribution >= 4 is 22.7 Å². The molecule has 0 bridgehead atoms. The molecule has 28 heavy (non-hydrogen) atoms. The molecule has 1 unspecified atom stereocenters. The van der Waals surface area contributed by atoms with Gasteiger partial charge in [0, 0.05) is 25.0 Å². The van der Waals surface area contributed by atoms with E-state index in [0.29, 0.717) is 33.6 Å². The molecule has 1 aromatic carbocycles. The Morgan fingerprint density at radius 2 is 2.14 bits per heavy atom. The van der Waals surface area contributed by atoms with E-state index in [1.165, 1.54) is 0 Å². The van der Waals surface area contributed by atoms with E-state index < -0.39 is 0 Å². The van der Waals surface area contributed by atoms with E-state index in [9.17, 15) is 4.79 Å². The Balaban J connectivity index is 1.66. The fraction of sp³-hybridized carbons (Fsp3) is 0.619. The number of ether oxygens (including phenoxy) is 2. The molecular formula is C21H31N3O3S. The summed E-state index contributed by atoms with van der Waals surface area (Å²) in [5.74, 6) is 2.78. The van der Waals surface area contributed by atoms with Gasteiger partial charge in [-0.15, -0.1) is 0 Å². The molecule has 1 atom stereocenters. The van der Waals surface area contributed by atoms with Gasteiger partial charge >= 0.3 is 0 Å². The van der Waals surface area contributed by atoms with Crippen LogP contribution in [0.5, 0.6) is 5.75 Å². The van der Waals surface area contributed by atoms with Gasteiger partial charge < -0.3 is 19.8 Å². The Kier molecular flexibility index (Phi) is 8.18. The normalized spacial score (nSPS) is 16.4. The van der Waals surface area contributed by atoms with Gasteiger partial charge in [-0.05, 0) is 56.8 Å². The van der Waals surface area contributed by atoms with Gasteiger partial charge in [0.25, 0.3) is 5.56 Å². The molecule has 0 amide bonds. The van der Waals surface area contributed by atoms with Crippen molar-refractivity contribution < 1.29 is 9.47 Å². The van der Waals surface area contributed by atoms with Crippen molar-refractivity contribution in [2.75, 3.05) is 33.4 Å². The second-order valence-electron chi connectivity index (χ2n) is 7.32. The first-order valence-corrected chi connectivity index (χ1v) is 11.2. The van der Waals surface area contributed by atoms with E-state index in [1.807, 2.05) is 30.0 Å². The van der Waals surface area contributed by atoms with Crippen LogP contribution in [0.1, 0.15) is 38.4 Å². The molecule has 1 aliphatic heterocycles. The highest BCUT2D eigenvalue weighted by molar-refractivity contribution is 7.99. The molecule has 1 saturated heterocycles. The Morgan fingerprint density at radius 1 is 1.32 bits per heavy atom. The summed E-state index contributed by atoms with van der Waals surface area (Å²) in [6.07, 6.45) is 4.37. The SMILES string of the molecule is CCC(CCOC)SCc1nc2cc(OCC3CCNCC3)ccc2c(=O)[nH]1. The number of methoxy groups -OCH3 is 1. The maximum atomic E-state index is 12.4. The Labute approximate surface area is 170 Å². The van der Waals surface area contributed by atoms with Crippen LogP contribution in [0.2, 0.25) is 0 Å². The summed E-state index contributed by atoms with van der Waals surface area (Å²) in [6.45, 7) is 5.78. The van der Waals surface area contributed by atoms with Gasteiger partial charge in [0.05, 0.1) is 23.3 Å². The van der Waals surface area contributed by atoms with Crippen molar-refractivity contribution in [2.45, 2.75) is 43.6 Å². The molecule has 1 fully saturated rings. The van der Waals surface area contributed by atoms with E-state index in [1.54, 1.807) is 7.11 Å². The van der Waals surface area contributed by atoms with Gasteiger partial charge in [-0.3, -0.25) is 4.79 Å². The minimum atomic E-state index is -0.0876. The number of nitrogens with zero attached hydrogens (tertiary/aromatic N) is 1. The molecule has 0 radical (unpaired) electrons. The zero-order valence-corrected chi connectivity index (χ0v) is 17.6. The Morgan fingerprint density at radius 3 is 2.89 bits per heavy atom. The average Bonchev–Trinajstić information content (AvgIpc) is 2.73. The number of benzene rings is 1. The number of piperidine rings is 1. The molecule has 7 heteroatoms. The summed E-state index contributed by atoms with van der Waals surface area (Å²) in [6, 6.07) is 5.57. The van der Waals surface area contributed by atoms with Crippen LogP contribution in [0, 0.1) is 5.92 Å². The molecule has 0 saturated carbocycles. The molecule has 6 nitrogen and oxygen atoms in total. The highest BCUT2D eigenvalue weighted by Gasteiger charge is 2.14. The lowest BCUT2D eigenvalue weighted by atomic mass is 9.99. The molecule has 1 aromatic heterocycles. The summed E-state index contributed by atoms with van der Waals surface area (Å²) >= 11 is 1.82. The van der Waals surface area contributed by atoms with Crippen LogP contribution in [0.15, 0.2) is 23.0 Å². The fourth-order valence-corrected chi connectivity index (χ4v) is 4.47. The molecule has 2 aromatic rings. The Bertz CT molecular complexity index is 805. The van der Waals surface area contributed by atoms with Crippen LogP contribution in [0.3, 0.4) is 0 Å². The predicted octanol–water partition coefficient (Wildman–Crippen LogP) is 3.35. The summed E-state index contributed by atoms with van der Waals surface area (Å²) < 4.78 is 11.2. The van der Waals surface area contributed by atoms with E-state index in [0.717, 1.165) is 57.7 Å². The van der Waals surface area contributed by atoms with Gasteiger partial charge in [-0.1, -0.05) is 6.92 Å². The van der Waals surface area contributed by atoms with Crippen molar-refractivity contribution in [2.24, 2.45) is 5.92 Å². The standard InChI is InChI=1S/C21H31N3O3S/c1-3-17(8-11-26-2)28-14-20-23-19-12-16(4-5-18(19)21(25)24-20)27-13-15-6-9-22-10-7-15/h4-5,12,15,17,22H,3,6-11,13-14H2,1-2H3,(H,23,24,25). The van der Waals surface area contributed by atoms with Gasteiger partial charge in [-0.25, -0.2) is 4.98 Å². The van der Waals surface area contributed by atoms with Crippen molar-refractivity contribution in [3.63, 3.8) is 0 Å². The van der Waals surface area contributed by atoms with Gasteiger partial charge in [0.1, 0.15) is 11.6 Å². The largest absolute Gasteiger partial charge is 0.493 e. The quantitative estimate of drug-likeness (QED) is 0.631. The summed E-state index contributed by atoms with van der Waals surface area (Å²) in [5, 5.41) is 4.48. The lowest BCUT2D eigenvalue weighted by molar-refractivity contribution is 0.194. The number of hydrogen-bond acceptors (Lipinski definition) is 6. The first kappa shape index (κ1) is 21.1. The van der Waals surface area contributed by atoms with Crippen molar-refractivity contribution in [3.05, 3.63) is 34.4 Å². The van der Waals surface area contributed by atoms with Crippen LogP contribution in [0.4, 0.5) is 0 Å². The molecular weight excluding hydrogens is 374 g/mol. The lowest BCUT2D eigenvalue weighted by Crippen LogP contribution is -2.30. The number of thioether (sulfide) groups is 1. The highest BCUT2D eigenvalue weighted by Crippen LogP contribution is 2.23. The monoisotopic (exact) mass is 405 g/mol. The number of H-pyrrole nitrogens is 1. The van der Waals surface area contributed by atoms with Crippen LogP contribution in [-0.4, -0.2) is 48.6 Å². The van der Waals surface area contributed by atoms with E-state index in [4.69, 9.17) is 9.47 Å². The number of rotatable bonds is 10. The predicted molar refractivity (Wildman–Crippen MR) is 115 cm³/mol. The number of nitrogens with one attached hydrogen (secondary N) is 2. The van der Waals surface area contributed by atoms with E-state index in [-0.39, 0.29) is 5.56 Å². The van der Waals surface area contributed by atoms with Gasteiger partial charge in [0.2, 0.25) is 0 Å². The molecule has 1 aliphatic rings. The molecule has 154 valence electrons.